The van der Waals surface area contributed by atoms with Crippen molar-refractivity contribution in [3.8, 4) is 11.5 Å². The zero-order valence-corrected chi connectivity index (χ0v) is 13.6. The summed E-state index contributed by atoms with van der Waals surface area (Å²) >= 11 is 0. The van der Waals surface area contributed by atoms with Crippen LogP contribution in [-0.2, 0) is 4.79 Å². The van der Waals surface area contributed by atoms with E-state index in [9.17, 15) is 4.79 Å². The van der Waals surface area contributed by atoms with Gasteiger partial charge in [-0.05, 0) is 18.1 Å². The number of Topliss-reactive ketones (excluding diaryl/α,β-unsaturated/α-hetero) is 1. The normalized spacial score (nSPS) is 13.2. The number of hydrogen-bond acceptors (Lipinski definition) is 3. The average molecular weight is 278 g/mol. The van der Waals surface area contributed by atoms with E-state index >= 15 is 0 Å². The number of carbonyl (C=O) groups excluding carboxylic acids is 1. The summed E-state index contributed by atoms with van der Waals surface area (Å²) in [5.74, 6) is 1.56. The van der Waals surface area contributed by atoms with Crippen LogP contribution in [0.25, 0.3) is 0 Å². The van der Waals surface area contributed by atoms with E-state index in [1.54, 1.807) is 14.2 Å². The van der Waals surface area contributed by atoms with E-state index in [1.807, 2.05) is 39.0 Å². The Labute approximate surface area is 122 Å². The molecule has 0 aliphatic rings. The Morgan fingerprint density at radius 2 is 1.50 bits per heavy atom. The van der Waals surface area contributed by atoms with Gasteiger partial charge >= 0.3 is 0 Å². The lowest BCUT2D eigenvalue weighted by Crippen LogP contribution is -2.30. The van der Waals surface area contributed by atoms with Crippen LogP contribution >= 0.6 is 0 Å². The highest BCUT2D eigenvalue weighted by Crippen LogP contribution is 2.42. The summed E-state index contributed by atoms with van der Waals surface area (Å²) in [6, 6.07) is 5.63. The highest BCUT2D eigenvalue weighted by molar-refractivity contribution is 5.91. The standard InChI is InChI=1S/C17H26O3/c1-11(2)14(16(18)17(3,4)5)15-12(19-6)9-8-10-13(15)20-7/h8-11,14H,1-7H3. The number of ether oxygens (including phenoxy) is 2. The number of rotatable bonds is 5. The molecule has 0 saturated heterocycles. The van der Waals surface area contributed by atoms with Crippen LogP contribution in [-0.4, -0.2) is 20.0 Å². The summed E-state index contributed by atoms with van der Waals surface area (Å²) in [4.78, 5) is 12.8. The highest BCUT2D eigenvalue weighted by Gasteiger charge is 2.36. The van der Waals surface area contributed by atoms with Gasteiger partial charge in [0.15, 0.2) is 0 Å². The first-order chi connectivity index (χ1) is 9.23. The fraction of sp³-hybridized carbons (Fsp3) is 0.588. The molecule has 0 spiro atoms. The van der Waals surface area contributed by atoms with Crippen molar-refractivity contribution in [2.45, 2.75) is 40.5 Å². The van der Waals surface area contributed by atoms with E-state index in [4.69, 9.17) is 9.47 Å². The third-order valence-electron chi connectivity index (χ3n) is 3.47. The Balaban J connectivity index is 3.46. The van der Waals surface area contributed by atoms with E-state index in [-0.39, 0.29) is 17.6 Å². The van der Waals surface area contributed by atoms with E-state index in [1.165, 1.54) is 0 Å². The molecule has 0 aromatic heterocycles. The Morgan fingerprint density at radius 3 is 1.80 bits per heavy atom. The van der Waals surface area contributed by atoms with Crippen molar-refractivity contribution in [3.63, 3.8) is 0 Å². The van der Waals surface area contributed by atoms with Crippen LogP contribution in [0.15, 0.2) is 18.2 Å². The maximum absolute atomic E-state index is 12.8. The topological polar surface area (TPSA) is 35.5 Å². The van der Waals surface area contributed by atoms with Crippen LogP contribution < -0.4 is 9.47 Å². The van der Waals surface area contributed by atoms with Crippen LogP contribution in [0.2, 0.25) is 0 Å². The minimum absolute atomic E-state index is 0.173. The monoisotopic (exact) mass is 278 g/mol. The van der Waals surface area contributed by atoms with Gasteiger partial charge in [-0.25, -0.2) is 0 Å². The minimum Gasteiger partial charge on any atom is -0.496 e. The van der Waals surface area contributed by atoms with Crippen molar-refractivity contribution in [1.82, 2.24) is 0 Å². The van der Waals surface area contributed by atoms with Crippen LogP contribution in [0.1, 0.15) is 46.1 Å². The van der Waals surface area contributed by atoms with Crippen molar-refractivity contribution in [1.29, 1.82) is 0 Å². The van der Waals surface area contributed by atoms with Gasteiger partial charge in [0.05, 0.1) is 20.1 Å². The smallest absolute Gasteiger partial charge is 0.146 e. The SMILES string of the molecule is COc1cccc(OC)c1C(C(=O)C(C)(C)C)C(C)C. The predicted molar refractivity (Wildman–Crippen MR) is 81.6 cm³/mol. The number of methoxy groups -OCH3 is 2. The Hall–Kier alpha value is -1.51. The first-order valence-corrected chi connectivity index (χ1v) is 6.99. The van der Waals surface area contributed by atoms with Gasteiger partial charge < -0.3 is 9.47 Å². The minimum atomic E-state index is -0.402. The summed E-state index contributed by atoms with van der Waals surface area (Å²) in [5.41, 5.74) is 0.452. The molecule has 0 heterocycles. The highest BCUT2D eigenvalue weighted by atomic mass is 16.5. The zero-order valence-electron chi connectivity index (χ0n) is 13.6. The summed E-state index contributed by atoms with van der Waals surface area (Å²) in [6.07, 6.45) is 0. The van der Waals surface area contributed by atoms with Gasteiger partial charge in [0.2, 0.25) is 0 Å². The van der Waals surface area contributed by atoms with Gasteiger partial charge in [0.25, 0.3) is 0 Å². The molecule has 112 valence electrons. The second-order valence-electron chi connectivity index (χ2n) is 6.41. The molecule has 0 bridgehead atoms. The van der Waals surface area contributed by atoms with Gasteiger partial charge in [-0.2, -0.15) is 0 Å². The molecule has 0 saturated carbocycles. The first-order valence-electron chi connectivity index (χ1n) is 6.99. The quantitative estimate of drug-likeness (QED) is 0.815. The molecule has 3 heteroatoms. The molecule has 0 fully saturated rings. The maximum atomic E-state index is 12.8. The Morgan fingerprint density at radius 1 is 1.05 bits per heavy atom. The molecule has 0 amide bonds. The average Bonchev–Trinajstić information content (AvgIpc) is 2.37. The lowest BCUT2D eigenvalue weighted by Gasteiger charge is -2.29. The largest absolute Gasteiger partial charge is 0.496 e. The lowest BCUT2D eigenvalue weighted by molar-refractivity contribution is -0.128. The molecule has 1 aromatic carbocycles. The van der Waals surface area contributed by atoms with E-state index in [0.29, 0.717) is 11.5 Å². The van der Waals surface area contributed by atoms with Crippen LogP contribution in [0.3, 0.4) is 0 Å². The second-order valence-corrected chi connectivity index (χ2v) is 6.41. The molecule has 1 rings (SSSR count). The zero-order chi connectivity index (χ0) is 15.5. The van der Waals surface area contributed by atoms with Crippen molar-refractivity contribution in [2.24, 2.45) is 11.3 Å². The summed E-state index contributed by atoms with van der Waals surface area (Å²) < 4.78 is 10.9. The third kappa shape index (κ3) is 3.33. The molecule has 1 atom stereocenters. The van der Waals surface area contributed by atoms with Crippen LogP contribution in [0.4, 0.5) is 0 Å². The molecule has 1 unspecified atom stereocenters. The second kappa shape index (κ2) is 6.29. The van der Waals surface area contributed by atoms with Gasteiger partial charge in [-0.1, -0.05) is 40.7 Å². The van der Waals surface area contributed by atoms with Gasteiger partial charge in [-0.15, -0.1) is 0 Å². The molecular formula is C17H26O3. The lowest BCUT2D eigenvalue weighted by atomic mass is 9.74. The Bertz CT molecular complexity index is 447. The summed E-state index contributed by atoms with van der Waals surface area (Å²) in [5, 5.41) is 0. The van der Waals surface area contributed by atoms with Gasteiger partial charge in [0.1, 0.15) is 17.3 Å². The number of ketones is 1. The molecule has 0 aliphatic carbocycles. The molecule has 20 heavy (non-hydrogen) atoms. The predicted octanol–water partition coefficient (Wildman–Crippen LogP) is 4.06. The fourth-order valence-corrected chi connectivity index (χ4v) is 2.42. The van der Waals surface area contributed by atoms with Crippen LogP contribution in [0, 0.1) is 11.3 Å². The molecule has 0 radical (unpaired) electrons. The fourth-order valence-electron chi connectivity index (χ4n) is 2.42. The van der Waals surface area contributed by atoms with Crippen molar-refractivity contribution in [3.05, 3.63) is 23.8 Å². The van der Waals surface area contributed by atoms with Gasteiger partial charge in [-0.3, -0.25) is 4.79 Å². The van der Waals surface area contributed by atoms with E-state index in [0.717, 1.165) is 5.56 Å². The first kappa shape index (κ1) is 16.5. The molecular weight excluding hydrogens is 252 g/mol. The molecule has 0 aliphatic heterocycles. The van der Waals surface area contributed by atoms with Crippen LogP contribution in [0.5, 0.6) is 11.5 Å². The number of hydrogen-bond donors (Lipinski definition) is 0. The molecule has 3 nitrogen and oxygen atoms in total. The maximum Gasteiger partial charge on any atom is 0.146 e. The summed E-state index contributed by atoms with van der Waals surface area (Å²) in [6.45, 7) is 9.96. The van der Waals surface area contributed by atoms with Crippen molar-refractivity contribution in [2.75, 3.05) is 14.2 Å². The van der Waals surface area contributed by atoms with Crippen molar-refractivity contribution >= 4 is 5.78 Å². The molecule has 0 N–H and O–H groups in total. The summed E-state index contributed by atoms with van der Waals surface area (Å²) in [7, 11) is 3.24. The number of benzene rings is 1. The number of carbonyl (C=O) groups is 1. The third-order valence-corrected chi connectivity index (χ3v) is 3.47. The van der Waals surface area contributed by atoms with E-state index in [2.05, 4.69) is 13.8 Å². The van der Waals surface area contributed by atoms with Gasteiger partial charge in [0, 0.05) is 11.0 Å². The van der Waals surface area contributed by atoms with E-state index < -0.39 is 5.41 Å². The Kier molecular flexibility index (Phi) is 5.21. The van der Waals surface area contributed by atoms with Crippen molar-refractivity contribution < 1.29 is 14.3 Å². The molecule has 1 aromatic rings.